The van der Waals surface area contributed by atoms with Gasteiger partial charge in [-0.2, -0.15) is 13.2 Å². The molecule has 2 amide bonds. The molecule has 0 aliphatic carbocycles. The summed E-state index contributed by atoms with van der Waals surface area (Å²) in [4.78, 5) is 12.0. The first kappa shape index (κ1) is 20.1. The van der Waals surface area contributed by atoms with Gasteiger partial charge >= 0.3 is 12.2 Å². The number of nitrogens with one attached hydrogen (secondary N) is 2. The van der Waals surface area contributed by atoms with Crippen molar-refractivity contribution in [1.29, 1.82) is 0 Å². The van der Waals surface area contributed by atoms with E-state index in [0.29, 0.717) is 23.9 Å². The van der Waals surface area contributed by atoms with Crippen LogP contribution in [-0.2, 0) is 6.18 Å². The van der Waals surface area contributed by atoms with Crippen molar-refractivity contribution in [2.75, 3.05) is 17.2 Å². The Morgan fingerprint density at radius 3 is 1.97 bits per heavy atom. The van der Waals surface area contributed by atoms with Crippen LogP contribution in [0.4, 0.5) is 29.3 Å². The lowest BCUT2D eigenvalue weighted by Gasteiger charge is -2.10. The minimum Gasteiger partial charge on any atom is -0.477 e. The molecule has 2 aromatic carbocycles. The lowest BCUT2D eigenvalue weighted by atomic mass is 10.1. The maximum Gasteiger partial charge on any atom is 0.416 e. The summed E-state index contributed by atoms with van der Waals surface area (Å²) >= 11 is 0. The van der Waals surface area contributed by atoms with Gasteiger partial charge < -0.3 is 15.4 Å². The number of nitrogens with zero attached hydrogens (tertiary/aromatic N) is 2. The molecule has 0 saturated carbocycles. The van der Waals surface area contributed by atoms with E-state index < -0.39 is 17.8 Å². The second kappa shape index (κ2) is 8.59. The van der Waals surface area contributed by atoms with E-state index in [-0.39, 0.29) is 5.69 Å². The number of benzene rings is 2. The Balaban J connectivity index is 1.59. The number of hydrogen-bond donors (Lipinski definition) is 2. The largest absolute Gasteiger partial charge is 0.477 e. The molecule has 0 atom stereocenters. The van der Waals surface area contributed by atoms with Gasteiger partial charge in [0.15, 0.2) is 0 Å². The van der Waals surface area contributed by atoms with Crippen molar-refractivity contribution in [2.45, 2.75) is 13.1 Å². The number of rotatable bonds is 5. The van der Waals surface area contributed by atoms with E-state index in [1.807, 2.05) is 6.92 Å². The van der Waals surface area contributed by atoms with Crippen molar-refractivity contribution in [1.82, 2.24) is 10.2 Å². The van der Waals surface area contributed by atoms with Crippen LogP contribution in [0.1, 0.15) is 12.5 Å². The minimum atomic E-state index is -4.42. The fourth-order valence-electron chi connectivity index (χ4n) is 2.46. The number of alkyl halides is 3. The number of ether oxygens (including phenoxy) is 1. The van der Waals surface area contributed by atoms with Gasteiger partial charge in [0.25, 0.3) is 0 Å². The molecular weight excluding hydrogens is 385 g/mol. The molecule has 0 fully saturated rings. The maximum atomic E-state index is 12.6. The molecule has 0 saturated heterocycles. The van der Waals surface area contributed by atoms with Gasteiger partial charge in [0.1, 0.15) is 0 Å². The van der Waals surface area contributed by atoms with Crippen LogP contribution in [0, 0.1) is 0 Å². The van der Waals surface area contributed by atoms with Crippen molar-refractivity contribution in [3.05, 3.63) is 66.2 Å². The molecule has 0 radical (unpaired) electrons. The zero-order valence-corrected chi connectivity index (χ0v) is 15.3. The fraction of sp³-hybridized carbons (Fsp3) is 0.150. The van der Waals surface area contributed by atoms with Gasteiger partial charge in [0.05, 0.1) is 17.9 Å². The van der Waals surface area contributed by atoms with Crippen LogP contribution >= 0.6 is 0 Å². The van der Waals surface area contributed by atoms with E-state index in [1.165, 1.54) is 12.1 Å². The van der Waals surface area contributed by atoms with Crippen LogP contribution in [0.15, 0.2) is 60.7 Å². The number of anilines is 2. The van der Waals surface area contributed by atoms with Gasteiger partial charge in [-0.25, -0.2) is 4.79 Å². The SMILES string of the molecule is CCOc1ccc(-c2ccc(NC(=O)Nc3ccc(C(F)(F)F)cc3)cc2)nn1. The molecule has 3 rings (SSSR count). The van der Waals surface area contributed by atoms with Crippen molar-refractivity contribution in [3.63, 3.8) is 0 Å². The summed E-state index contributed by atoms with van der Waals surface area (Å²) in [6.07, 6.45) is -4.42. The summed E-state index contributed by atoms with van der Waals surface area (Å²) in [5.41, 5.74) is 1.42. The van der Waals surface area contributed by atoms with Gasteiger partial charge in [-0.05, 0) is 49.4 Å². The van der Waals surface area contributed by atoms with Crippen molar-refractivity contribution in [3.8, 4) is 17.1 Å². The third-order valence-corrected chi connectivity index (χ3v) is 3.84. The number of halogens is 3. The normalized spacial score (nSPS) is 11.0. The number of carbonyl (C=O) groups is 1. The Hall–Kier alpha value is -3.62. The molecule has 0 spiro atoms. The predicted molar refractivity (Wildman–Crippen MR) is 103 cm³/mol. The summed E-state index contributed by atoms with van der Waals surface area (Å²) in [6.45, 7) is 2.36. The first-order chi connectivity index (χ1) is 13.8. The summed E-state index contributed by atoms with van der Waals surface area (Å²) in [6, 6.07) is 14.0. The molecule has 29 heavy (non-hydrogen) atoms. The van der Waals surface area contributed by atoms with E-state index in [1.54, 1.807) is 36.4 Å². The number of urea groups is 1. The zero-order chi connectivity index (χ0) is 20.9. The summed E-state index contributed by atoms with van der Waals surface area (Å²) in [7, 11) is 0. The molecule has 2 N–H and O–H groups in total. The summed E-state index contributed by atoms with van der Waals surface area (Å²) in [5, 5.41) is 13.1. The molecule has 0 aliphatic heterocycles. The lowest BCUT2D eigenvalue weighted by Crippen LogP contribution is -2.19. The molecule has 0 bridgehead atoms. The number of carbonyl (C=O) groups excluding carboxylic acids is 1. The molecule has 3 aromatic rings. The third kappa shape index (κ3) is 5.44. The van der Waals surface area contributed by atoms with Gasteiger partial charge in [-0.15, -0.1) is 10.2 Å². The van der Waals surface area contributed by atoms with Gasteiger partial charge in [-0.3, -0.25) is 0 Å². The monoisotopic (exact) mass is 402 g/mol. The Kier molecular flexibility index (Phi) is 5.96. The average molecular weight is 402 g/mol. The lowest BCUT2D eigenvalue weighted by molar-refractivity contribution is -0.137. The number of amides is 2. The summed E-state index contributed by atoms with van der Waals surface area (Å²) < 4.78 is 42.9. The van der Waals surface area contributed by atoms with E-state index in [4.69, 9.17) is 4.74 Å². The molecule has 1 aromatic heterocycles. The maximum absolute atomic E-state index is 12.6. The Bertz CT molecular complexity index is 957. The Morgan fingerprint density at radius 1 is 0.897 bits per heavy atom. The van der Waals surface area contributed by atoms with E-state index >= 15 is 0 Å². The fourth-order valence-corrected chi connectivity index (χ4v) is 2.46. The molecule has 0 unspecified atom stereocenters. The minimum absolute atomic E-state index is 0.247. The average Bonchev–Trinajstić information content (AvgIpc) is 2.69. The van der Waals surface area contributed by atoms with Gasteiger partial charge in [0, 0.05) is 23.0 Å². The van der Waals surface area contributed by atoms with E-state index in [0.717, 1.165) is 17.7 Å². The third-order valence-electron chi connectivity index (χ3n) is 3.84. The Morgan fingerprint density at radius 2 is 1.48 bits per heavy atom. The highest BCUT2D eigenvalue weighted by atomic mass is 19.4. The van der Waals surface area contributed by atoms with Gasteiger partial charge in [-0.1, -0.05) is 12.1 Å². The standard InChI is InChI=1S/C20H17F3N4O2/c1-2-29-18-12-11-17(26-27-18)13-3-7-15(8-4-13)24-19(28)25-16-9-5-14(6-10-16)20(21,22)23/h3-12H,2H2,1H3,(H2,24,25,28). The van der Waals surface area contributed by atoms with Gasteiger partial charge in [0.2, 0.25) is 5.88 Å². The van der Waals surface area contributed by atoms with Crippen LogP contribution in [0.3, 0.4) is 0 Å². The quantitative estimate of drug-likeness (QED) is 0.615. The highest BCUT2D eigenvalue weighted by Gasteiger charge is 2.29. The molecule has 6 nitrogen and oxygen atoms in total. The van der Waals surface area contributed by atoms with Crippen molar-refractivity contribution in [2.24, 2.45) is 0 Å². The molecule has 1 heterocycles. The highest BCUT2D eigenvalue weighted by molar-refractivity contribution is 5.99. The molecule has 150 valence electrons. The topological polar surface area (TPSA) is 76.1 Å². The zero-order valence-electron chi connectivity index (χ0n) is 15.3. The van der Waals surface area contributed by atoms with E-state index in [2.05, 4.69) is 20.8 Å². The molecular formula is C20H17F3N4O2. The van der Waals surface area contributed by atoms with Crippen LogP contribution < -0.4 is 15.4 Å². The molecule has 9 heteroatoms. The second-order valence-electron chi connectivity index (χ2n) is 5.92. The van der Waals surface area contributed by atoms with Crippen molar-refractivity contribution < 1.29 is 22.7 Å². The number of hydrogen-bond acceptors (Lipinski definition) is 4. The predicted octanol–water partition coefficient (Wildman–Crippen LogP) is 5.21. The Labute approximate surface area is 164 Å². The van der Waals surface area contributed by atoms with Crippen LogP contribution in [-0.4, -0.2) is 22.8 Å². The van der Waals surface area contributed by atoms with E-state index in [9.17, 15) is 18.0 Å². The molecule has 0 aliphatic rings. The van der Waals surface area contributed by atoms with Crippen LogP contribution in [0.5, 0.6) is 5.88 Å². The number of aromatic nitrogens is 2. The summed E-state index contributed by atoms with van der Waals surface area (Å²) in [5.74, 6) is 0.439. The smallest absolute Gasteiger partial charge is 0.416 e. The van der Waals surface area contributed by atoms with Crippen LogP contribution in [0.25, 0.3) is 11.3 Å². The first-order valence-electron chi connectivity index (χ1n) is 8.67. The highest BCUT2D eigenvalue weighted by Crippen LogP contribution is 2.29. The first-order valence-corrected chi connectivity index (χ1v) is 8.67. The van der Waals surface area contributed by atoms with Crippen molar-refractivity contribution >= 4 is 17.4 Å². The van der Waals surface area contributed by atoms with Crippen LogP contribution in [0.2, 0.25) is 0 Å². The second-order valence-corrected chi connectivity index (χ2v) is 5.92.